The average Bonchev–Trinajstić information content (AvgIpc) is 3.01. The molecular formula is C16H16F2N2O4. The Morgan fingerprint density at radius 2 is 2.04 bits per heavy atom. The Hall–Kier alpha value is -2.69. The Kier molecular flexibility index (Phi) is 5.68. The van der Waals surface area contributed by atoms with E-state index in [2.05, 4.69) is 16.1 Å². The van der Waals surface area contributed by atoms with Crippen LogP contribution in [0.2, 0.25) is 0 Å². The number of hydrogen-bond acceptors (Lipinski definition) is 5. The molecule has 0 unspecified atom stereocenters. The van der Waals surface area contributed by atoms with Crippen molar-refractivity contribution >= 4 is 11.9 Å². The summed E-state index contributed by atoms with van der Waals surface area (Å²) >= 11 is 0. The zero-order valence-electron chi connectivity index (χ0n) is 12.8. The monoisotopic (exact) mass is 338 g/mol. The smallest absolute Gasteiger partial charge is 0.387 e. The number of amides is 1. The minimum atomic E-state index is -3.00. The lowest BCUT2D eigenvalue weighted by Crippen LogP contribution is -2.46. The van der Waals surface area contributed by atoms with Gasteiger partial charge < -0.3 is 14.8 Å². The van der Waals surface area contributed by atoms with Crippen LogP contribution in [0.4, 0.5) is 8.78 Å². The van der Waals surface area contributed by atoms with Crippen molar-refractivity contribution in [1.29, 1.82) is 5.26 Å². The second-order valence-electron chi connectivity index (χ2n) is 5.43. The molecule has 1 aliphatic carbocycles. The molecule has 0 aliphatic heterocycles. The summed E-state index contributed by atoms with van der Waals surface area (Å²) in [5.74, 6) is -1.60. The lowest BCUT2D eigenvalue weighted by Gasteiger charge is -2.21. The molecule has 24 heavy (non-hydrogen) atoms. The van der Waals surface area contributed by atoms with Gasteiger partial charge in [-0.1, -0.05) is 6.07 Å². The Morgan fingerprint density at radius 3 is 2.67 bits per heavy atom. The molecule has 0 saturated heterocycles. The third-order valence-corrected chi connectivity index (χ3v) is 3.68. The fourth-order valence-electron chi connectivity index (χ4n) is 2.56. The van der Waals surface area contributed by atoms with Crippen LogP contribution >= 0.6 is 0 Å². The molecule has 0 radical (unpaired) electrons. The summed E-state index contributed by atoms with van der Waals surface area (Å²) < 4.78 is 33.3. The summed E-state index contributed by atoms with van der Waals surface area (Å²) in [4.78, 5) is 23.7. The van der Waals surface area contributed by atoms with Crippen LogP contribution in [-0.2, 0) is 9.53 Å². The van der Waals surface area contributed by atoms with Crippen molar-refractivity contribution in [3.05, 3.63) is 29.8 Å². The number of nitrogens with zero attached hydrogens (tertiary/aromatic N) is 1. The van der Waals surface area contributed by atoms with E-state index in [1.807, 2.05) is 0 Å². The van der Waals surface area contributed by atoms with Crippen LogP contribution in [-0.4, -0.2) is 30.6 Å². The minimum Gasteiger partial charge on any atom is -0.452 e. The molecule has 1 aromatic rings. The third kappa shape index (κ3) is 4.65. The molecule has 0 heterocycles. The number of alkyl halides is 2. The SMILES string of the molecule is N#CC1(NC(=O)COC(=O)c2cccc(OC(F)F)c2)CCCC1. The number of carbonyl (C=O) groups excluding carboxylic acids is 2. The summed E-state index contributed by atoms with van der Waals surface area (Å²) in [5, 5.41) is 11.8. The van der Waals surface area contributed by atoms with E-state index in [0.29, 0.717) is 12.8 Å². The van der Waals surface area contributed by atoms with E-state index in [0.717, 1.165) is 18.9 Å². The highest BCUT2D eigenvalue weighted by Gasteiger charge is 2.35. The van der Waals surface area contributed by atoms with E-state index < -0.39 is 30.6 Å². The van der Waals surface area contributed by atoms with Gasteiger partial charge in [0.05, 0.1) is 11.6 Å². The second kappa shape index (κ2) is 7.73. The van der Waals surface area contributed by atoms with Gasteiger partial charge in [-0.25, -0.2) is 4.79 Å². The Morgan fingerprint density at radius 1 is 1.33 bits per heavy atom. The van der Waals surface area contributed by atoms with E-state index in [-0.39, 0.29) is 11.3 Å². The third-order valence-electron chi connectivity index (χ3n) is 3.68. The summed E-state index contributed by atoms with van der Waals surface area (Å²) in [6.45, 7) is -3.56. The maximum Gasteiger partial charge on any atom is 0.387 e. The number of hydrogen-bond donors (Lipinski definition) is 1. The number of nitriles is 1. The first-order chi connectivity index (χ1) is 11.4. The van der Waals surface area contributed by atoms with Crippen molar-refractivity contribution in [2.24, 2.45) is 0 Å². The predicted molar refractivity (Wildman–Crippen MR) is 78.3 cm³/mol. The van der Waals surface area contributed by atoms with Gasteiger partial charge in [0.25, 0.3) is 5.91 Å². The molecule has 0 aromatic heterocycles. The van der Waals surface area contributed by atoms with Gasteiger partial charge in [0.1, 0.15) is 11.3 Å². The van der Waals surface area contributed by atoms with Crippen LogP contribution in [0.15, 0.2) is 24.3 Å². The first kappa shape index (κ1) is 17.7. The Balaban J connectivity index is 1.88. The zero-order valence-corrected chi connectivity index (χ0v) is 12.8. The van der Waals surface area contributed by atoms with Crippen molar-refractivity contribution < 1.29 is 27.8 Å². The molecule has 1 fully saturated rings. The van der Waals surface area contributed by atoms with Gasteiger partial charge in [0.15, 0.2) is 6.61 Å². The molecular weight excluding hydrogens is 322 g/mol. The minimum absolute atomic E-state index is 0.0168. The molecule has 1 amide bonds. The van der Waals surface area contributed by atoms with Gasteiger partial charge in [-0.05, 0) is 43.9 Å². The molecule has 128 valence electrons. The van der Waals surface area contributed by atoms with E-state index in [1.165, 1.54) is 18.2 Å². The van der Waals surface area contributed by atoms with Crippen molar-refractivity contribution in [1.82, 2.24) is 5.32 Å². The van der Waals surface area contributed by atoms with E-state index >= 15 is 0 Å². The molecule has 1 N–H and O–H groups in total. The summed E-state index contributed by atoms with van der Waals surface area (Å²) in [5.41, 5.74) is -0.911. The van der Waals surface area contributed by atoms with Crippen LogP contribution in [0.5, 0.6) is 5.75 Å². The van der Waals surface area contributed by atoms with Crippen molar-refractivity contribution in [3.63, 3.8) is 0 Å². The normalized spacial score (nSPS) is 15.6. The van der Waals surface area contributed by atoms with Crippen LogP contribution in [0.1, 0.15) is 36.0 Å². The maximum atomic E-state index is 12.2. The quantitative estimate of drug-likeness (QED) is 0.805. The van der Waals surface area contributed by atoms with Crippen LogP contribution in [0.3, 0.4) is 0 Å². The number of nitrogens with one attached hydrogen (secondary N) is 1. The molecule has 1 aliphatic rings. The number of benzene rings is 1. The predicted octanol–water partition coefficient (Wildman–Crippen LogP) is 2.40. The molecule has 1 saturated carbocycles. The Labute approximate surface area is 137 Å². The van der Waals surface area contributed by atoms with Crippen molar-refractivity contribution in [3.8, 4) is 11.8 Å². The van der Waals surface area contributed by atoms with Gasteiger partial charge >= 0.3 is 12.6 Å². The zero-order chi connectivity index (χ0) is 17.6. The van der Waals surface area contributed by atoms with Gasteiger partial charge in [0.2, 0.25) is 0 Å². The second-order valence-corrected chi connectivity index (χ2v) is 5.43. The van der Waals surface area contributed by atoms with E-state index in [1.54, 1.807) is 0 Å². The molecule has 1 aromatic carbocycles. The molecule has 0 spiro atoms. The fraction of sp³-hybridized carbons (Fsp3) is 0.438. The summed E-state index contributed by atoms with van der Waals surface area (Å²) in [6.07, 6.45) is 2.83. The van der Waals surface area contributed by atoms with Gasteiger partial charge in [-0.2, -0.15) is 14.0 Å². The standard InChI is InChI=1S/C16H16F2N2O4/c17-15(18)24-12-5-3-4-11(8-12)14(22)23-9-13(21)20-16(10-19)6-1-2-7-16/h3-5,8,15H,1-2,6-7,9H2,(H,20,21). The number of carbonyl (C=O) groups is 2. The van der Waals surface area contributed by atoms with Gasteiger partial charge in [0, 0.05) is 0 Å². The number of halogens is 2. The topological polar surface area (TPSA) is 88.4 Å². The largest absolute Gasteiger partial charge is 0.452 e. The molecule has 8 heteroatoms. The molecule has 6 nitrogen and oxygen atoms in total. The van der Waals surface area contributed by atoms with Gasteiger partial charge in [-0.15, -0.1) is 0 Å². The molecule has 0 atom stereocenters. The number of esters is 1. The van der Waals surface area contributed by atoms with E-state index in [9.17, 15) is 23.6 Å². The van der Waals surface area contributed by atoms with Crippen LogP contribution in [0.25, 0.3) is 0 Å². The van der Waals surface area contributed by atoms with Crippen molar-refractivity contribution in [2.75, 3.05) is 6.61 Å². The lowest BCUT2D eigenvalue weighted by atomic mass is 10.00. The van der Waals surface area contributed by atoms with Crippen LogP contribution < -0.4 is 10.1 Å². The van der Waals surface area contributed by atoms with Crippen LogP contribution in [0, 0.1) is 11.3 Å². The highest BCUT2D eigenvalue weighted by atomic mass is 19.3. The van der Waals surface area contributed by atoms with E-state index in [4.69, 9.17) is 4.74 Å². The van der Waals surface area contributed by atoms with Gasteiger partial charge in [-0.3, -0.25) is 4.79 Å². The van der Waals surface area contributed by atoms with Crippen molar-refractivity contribution in [2.45, 2.75) is 37.8 Å². The first-order valence-electron chi connectivity index (χ1n) is 7.38. The highest BCUT2D eigenvalue weighted by Crippen LogP contribution is 2.28. The number of ether oxygens (including phenoxy) is 2. The Bertz CT molecular complexity index is 652. The molecule has 0 bridgehead atoms. The number of rotatable bonds is 6. The fourth-order valence-corrected chi connectivity index (χ4v) is 2.56. The first-order valence-corrected chi connectivity index (χ1v) is 7.38. The average molecular weight is 338 g/mol. The maximum absolute atomic E-state index is 12.2. The highest BCUT2D eigenvalue weighted by molar-refractivity contribution is 5.91. The summed E-state index contributed by atoms with van der Waals surface area (Å²) in [7, 11) is 0. The summed E-state index contributed by atoms with van der Waals surface area (Å²) in [6, 6.07) is 7.17. The molecule has 2 rings (SSSR count). The lowest BCUT2D eigenvalue weighted by molar-refractivity contribution is -0.125.